The van der Waals surface area contributed by atoms with Crippen LogP contribution in [0.15, 0.2) is 0 Å². The van der Waals surface area contributed by atoms with Crippen LogP contribution in [0, 0.1) is 0 Å². The number of amides is 1. The van der Waals surface area contributed by atoms with Gasteiger partial charge in [-0.2, -0.15) is 0 Å². The van der Waals surface area contributed by atoms with E-state index in [2.05, 4.69) is 10.6 Å². The fourth-order valence-corrected chi connectivity index (χ4v) is 1.43. The van der Waals surface area contributed by atoms with Crippen LogP contribution in [0.4, 0.5) is 0 Å². The van der Waals surface area contributed by atoms with Crippen LogP contribution in [0.3, 0.4) is 0 Å². The summed E-state index contributed by atoms with van der Waals surface area (Å²) in [4.78, 5) is 10.8. The van der Waals surface area contributed by atoms with Crippen molar-refractivity contribution in [2.45, 2.75) is 25.0 Å². The van der Waals surface area contributed by atoms with Crippen LogP contribution >= 0.6 is 0 Å². The van der Waals surface area contributed by atoms with Crippen LogP contribution in [0.1, 0.15) is 12.8 Å². The Morgan fingerprint density at radius 2 is 2.33 bits per heavy atom. The molecule has 2 aliphatic heterocycles. The van der Waals surface area contributed by atoms with Crippen LogP contribution in [0.25, 0.3) is 0 Å². The Kier molecular flexibility index (Phi) is 2.28. The zero-order valence-corrected chi connectivity index (χ0v) is 7.01. The predicted octanol–water partition coefficient (Wildman–Crippen LogP) is -0.747. The van der Waals surface area contributed by atoms with Gasteiger partial charge in [-0.25, -0.2) is 0 Å². The number of carbonyl (C=O) groups is 1. The number of hydrogen-bond acceptors (Lipinski definition) is 3. The van der Waals surface area contributed by atoms with Crippen molar-refractivity contribution in [1.82, 2.24) is 10.6 Å². The topological polar surface area (TPSA) is 50.4 Å². The van der Waals surface area contributed by atoms with Gasteiger partial charge in [0, 0.05) is 19.5 Å². The minimum Gasteiger partial charge on any atom is -0.373 e. The maximum atomic E-state index is 10.8. The van der Waals surface area contributed by atoms with Crippen LogP contribution in [-0.4, -0.2) is 37.7 Å². The van der Waals surface area contributed by atoms with Crippen LogP contribution < -0.4 is 10.6 Å². The highest BCUT2D eigenvalue weighted by molar-refractivity contribution is 5.78. The molecule has 1 amide bonds. The molecular weight excluding hydrogens is 156 g/mol. The van der Waals surface area contributed by atoms with Crippen molar-refractivity contribution >= 4 is 5.91 Å². The lowest BCUT2D eigenvalue weighted by atomic mass is 10.2. The summed E-state index contributed by atoms with van der Waals surface area (Å²) >= 11 is 0. The van der Waals surface area contributed by atoms with Crippen molar-refractivity contribution in [2.24, 2.45) is 0 Å². The maximum Gasteiger partial charge on any atom is 0.220 e. The molecule has 0 bridgehead atoms. The van der Waals surface area contributed by atoms with Gasteiger partial charge in [-0.3, -0.25) is 4.79 Å². The Morgan fingerprint density at radius 1 is 1.50 bits per heavy atom. The van der Waals surface area contributed by atoms with Gasteiger partial charge in [-0.05, 0) is 6.42 Å². The molecule has 4 heteroatoms. The van der Waals surface area contributed by atoms with E-state index in [1.807, 2.05) is 0 Å². The summed E-state index contributed by atoms with van der Waals surface area (Å²) in [6.45, 7) is 2.60. The highest BCUT2D eigenvalue weighted by atomic mass is 16.5. The molecule has 2 saturated heterocycles. The van der Waals surface area contributed by atoms with Gasteiger partial charge >= 0.3 is 0 Å². The SMILES string of the molecule is O=C1CCC(COC2CNC2)N1. The number of carbonyl (C=O) groups excluding carboxylic acids is 1. The highest BCUT2D eigenvalue weighted by Gasteiger charge is 2.23. The van der Waals surface area contributed by atoms with Crippen LogP contribution in [0.5, 0.6) is 0 Å². The second kappa shape index (κ2) is 3.41. The Labute approximate surface area is 71.7 Å². The summed E-state index contributed by atoms with van der Waals surface area (Å²) in [5, 5.41) is 6.01. The van der Waals surface area contributed by atoms with Crippen molar-refractivity contribution < 1.29 is 9.53 Å². The largest absolute Gasteiger partial charge is 0.373 e. The third-order valence-corrected chi connectivity index (χ3v) is 2.36. The molecule has 0 aromatic heterocycles. The van der Waals surface area contributed by atoms with Gasteiger partial charge in [0.05, 0.1) is 18.8 Å². The monoisotopic (exact) mass is 170 g/mol. The number of hydrogen-bond donors (Lipinski definition) is 2. The molecule has 0 aromatic rings. The van der Waals surface area contributed by atoms with Crippen molar-refractivity contribution in [3.8, 4) is 0 Å². The highest BCUT2D eigenvalue weighted by Crippen LogP contribution is 2.08. The first kappa shape index (κ1) is 8.01. The third-order valence-electron chi connectivity index (χ3n) is 2.36. The molecule has 0 radical (unpaired) electrons. The van der Waals surface area contributed by atoms with E-state index < -0.39 is 0 Å². The Morgan fingerprint density at radius 3 is 2.83 bits per heavy atom. The van der Waals surface area contributed by atoms with Gasteiger partial charge in [-0.15, -0.1) is 0 Å². The van der Waals surface area contributed by atoms with Crippen LogP contribution in [-0.2, 0) is 9.53 Å². The van der Waals surface area contributed by atoms with Crippen molar-refractivity contribution in [2.75, 3.05) is 19.7 Å². The van der Waals surface area contributed by atoms with Gasteiger partial charge in [0.2, 0.25) is 5.91 Å². The summed E-state index contributed by atoms with van der Waals surface area (Å²) in [5.74, 6) is 0.162. The minimum absolute atomic E-state index is 0.162. The maximum absolute atomic E-state index is 10.8. The normalized spacial score (nSPS) is 30.0. The fraction of sp³-hybridized carbons (Fsp3) is 0.875. The van der Waals surface area contributed by atoms with E-state index in [4.69, 9.17) is 4.74 Å². The Hall–Kier alpha value is -0.610. The van der Waals surface area contributed by atoms with Crippen molar-refractivity contribution in [1.29, 1.82) is 0 Å². The molecule has 0 aromatic carbocycles. The van der Waals surface area contributed by atoms with Crippen LogP contribution in [0.2, 0.25) is 0 Å². The van der Waals surface area contributed by atoms with E-state index in [1.165, 1.54) is 0 Å². The second-order valence-electron chi connectivity index (χ2n) is 3.42. The number of nitrogens with one attached hydrogen (secondary N) is 2. The van der Waals surface area contributed by atoms with E-state index >= 15 is 0 Å². The quantitative estimate of drug-likeness (QED) is 0.586. The van der Waals surface area contributed by atoms with E-state index in [9.17, 15) is 4.79 Å². The van der Waals surface area contributed by atoms with Gasteiger partial charge in [0.25, 0.3) is 0 Å². The molecular formula is C8H14N2O2. The second-order valence-corrected chi connectivity index (χ2v) is 3.42. The van der Waals surface area contributed by atoms with Gasteiger partial charge in [-0.1, -0.05) is 0 Å². The molecule has 2 N–H and O–H groups in total. The smallest absolute Gasteiger partial charge is 0.220 e. The van der Waals surface area contributed by atoms with Gasteiger partial charge < -0.3 is 15.4 Å². The molecule has 2 aliphatic rings. The first-order valence-corrected chi connectivity index (χ1v) is 4.46. The van der Waals surface area contributed by atoms with E-state index in [0.717, 1.165) is 19.5 Å². The van der Waals surface area contributed by atoms with E-state index in [-0.39, 0.29) is 11.9 Å². The molecule has 0 aliphatic carbocycles. The molecule has 68 valence electrons. The lowest BCUT2D eigenvalue weighted by molar-refractivity contribution is -0.119. The lowest BCUT2D eigenvalue weighted by Gasteiger charge is -2.28. The summed E-state index contributed by atoms with van der Waals surface area (Å²) in [6, 6.07) is 0.262. The van der Waals surface area contributed by atoms with Gasteiger partial charge in [0.1, 0.15) is 0 Å². The molecule has 1 atom stereocenters. The fourth-order valence-electron chi connectivity index (χ4n) is 1.43. The third kappa shape index (κ3) is 1.76. The molecule has 1 unspecified atom stereocenters. The summed E-state index contributed by atoms with van der Waals surface area (Å²) in [7, 11) is 0. The number of ether oxygens (including phenoxy) is 1. The summed E-state index contributed by atoms with van der Waals surface area (Å²) in [6.07, 6.45) is 1.97. The van der Waals surface area contributed by atoms with E-state index in [1.54, 1.807) is 0 Å². The first-order valence-electron chi connectivity index (χ1n) is 4.46. The Bertz CT molecular complexity index is 180. The zero-order valence-electron chi connectivity index (χ0n) is 7.01. The molecule has 2 heterocycles. The number of rotatable bonds is 3. The average molecular weight is 170 g/mol. The minimum atomic E-state index is 0.162. The Balaban J connectivity index is 1.63. The zero-order chi connectivity index (χ0) is 8.39. The van der Waals surface area contributed by atoms with Crippen molar-refractivity contribution in [3.63, 3.8) is 0 Å². The molecule has 12 heavy (non-hydrogen) atoms. The molecule has 4 nitrogen and oxygen atoms in total. The average Bonchev–Trinajstić information content (AvgIpc) is 2.32. The van der Waals surface area contributed by atoms with Crippen molar-refractivity contribution in [3.05, 3.63) is 0 Å². The first-order chi connectivity index (χ1) is 5.84. The van der Waals surface area contributed by atoms with Gasteiger partial charge in [0.15, 0.2) is 0 Å². The summed E-state index contributed by atoms with van der Waals surface area (Å²) in [5.41, 5.74) is 0. The molecule has 0 saturated carbocycles. The molecule has 2 rings (SSSR count). The summed E-state index contributed by atoms with van der Waals surface area (Å²) < 4.78 is 5.53. The van der Waals surface area contributed by atoms with E-state index in [0.29, 0.717) is 19.1 Å². The molecule has 0 spiro atoms. The molecule has 2 fully saturated rings. The lowest BCUT2D eigenvalue weighted by Crippen LogP contribution is -2.49. The predicted molar refractivity (Wildman–Crippen MR) is 43.8 cm³/mol. The standard InChI is InChI=1S/C8H14N2O2/c11-8-2-1-6(10-8)5-12-7-3-9-4-7/h6-7,9H,1-5H2,(H,10,11).